The summed E-state index contributed by atoms with van der Waals surface area (Å²) >= 11 is 0. The average Bonchev–Trinajstić information content (AvgIpc) is 2.98. The molecule has 3 aromatic rings. The summed E-state index contributed by atoms with van der Waals surface area (Å²) in [6, 6.07) is 14.0. The molecule has 4 nitrogen and oxygen atoms in total. The van der Waals surface area contributed by atoms with Crippen LogP contribution in [0.15, 0.2) is 54.9 Å². The maximum absolute atomic E-state index is 4.54. The van der Waals surface area contributed by atoms with Crippen molar-refractivity contribution in [3.63, 3.8) is 0 Å². The Bertz CT molecular complexity index is 707. The Morgan fingerprint density at radius 3 is 2.48 bits per heavy atom. The minimum absolute atomic E-state index is 0. The van der Waals surface area contributed by atoms with Crippen LogP contribution in [-0.4, -0.2) is 20.0 Å². The molecule has 2 heterocycles. The molecule has 0 aliphatic rings. The zero-order valence-electron chi connectivity index (χ0n) is 11.9. The fraction of sp³-hybridized carbons (Fsp3) is 0.188. The summed E-state index contributed by atoms with van der Waals surface area (Å²) in [6.07, 6.45) is 3.52. The summed E-state index contributed by atoms with van der Waals surface area (Å²) in [6.45, 7) is 4.37. The van der Waals surface area contributed by atoms with E-state index in [4.69, 9.17) is 0 Å². The van der Waals surface area contributed by atoms with Crippen LogP contribution in [0.2, 0.25) is 0 Å². The molecule has 0 saturated heterocycles. The van der Waals surface area contributed by atoms with Gasteiger partial charge >= 0.3 is 0 Å². The average molecular weight is 459 g/mol. The second kappa shape index (κ2) is 6.77. The third-order valence-electron chi connectivity index (χ3n) is 3.20. The molecule has 0 aliphatic carbocycles. The maximum atomic E-state index is 4.54. The Morgan fingerprint density at radius 2 is 1.76 bits per heavy atom. The van der Waals surface area contributed by atoms with Crippen molar-refractivity contribution in [3.8, 4) is 17.1 Å². The largest absolute Gasteiger partial charge is 0.236 e. The molecular weight excluding hydrogens is 443 g/mol. The molecule has 3 rings (SSSR count). The third-order valence-corrected chi connectivity index (χ3v) is 3.20. The van der Waals surface area contributed by atoms with Crippen molar-refractivity contribution in [1.82, 2.24) is 20.0 Å². The summed E-state index contributed by atoms with van der Waals surface area (Å²) in [5, 5.41) is 8.84. The van der Waals surface area contributed by atoms with E-state index in [2.05, 4.69) is 47.2 Å². The van der Waals surface area contributed by atoms with Gasteiger partial charge in [-0.05, 0) is 23.6 Å². The first-order chi connectivity index (χ1) is 9.75. The Labute approximate surface area is 138 Å². The number of hydrogen-bond donors (Lipinski definition) is 0. The number of rotatable bonds is 3. The van der Waals surface area contributed by atoms with Crippen molar-refractivity contribution in [1.29, 1.82) is 0 Å². The van der Waals surface area contributed by atoms with Gasteiger partial charge < -0.3 is 0 Å². The molecule has 110 valence electrons. The quantitative estimate of drug-likeness (QED) is 0.603. The van der Waals surface area contributed by atoms with Crippen LogP contribution in [0.1, 0.15) is 25.3 Å². The van der Waals surface area contributed by atoms with E-state index in [0.717, 1.165) is 17.1 Å². The van der Waals surface area contributed by atoms with Crippen LogP contribution in [-0.2, 0) is 21.1 Å². The second-order valence-electron chi connectivity index (χ2n) is 4.95. The van der Waals surface area contributed by atoms with E-state index < -0.39 is 0 Å². The van der Waals surface area contributed by atoms with Crippen LogP contribution in [0.3, 0.4) is 0 Å². The summed E-state index contributed by atoms with van der Waals surface area (Å²) in [5.74, 6) is 1.17. The summed E-state index contributed by atoms with van der Waals surface area (Å²) < 4.78 is 0. The Hall–Kier alpha value is -1.80. The molecule has 0 amide bonds. The van der Waals surface area contributed by atoms with E-state index in [0.29, 0.717) is 5.92 Å². The smallest absolute Gasteiger partial charge is 0.174 e. The van der Waals surface area contributed by atoms with E-state index >= 15 is 0 Å². The van der Waals surface area contributed by atoms with Crippen LogP contribution >= 0.6 is 0 Å². The van der Waals surface area contributed by atoms with E-state index in [-0.39, 0.29) is 21.1 Å². The fourth-order valence-electron chi connectivity index (χ4n) is 2.20. The number of aromatic nitrogens is 4. The van der Waals surface area contributed by atoms with E-state index in [1.54, 1.807) is 17.2 Å². The van der Waals surface area contributed by atoms with Gasteiger partial charge in [0.25, 0.3) is 0 Å². The van der Waals surface area contributed by atoms with Crippen molar-refractivity contribution < 1.29 is 21.1 Å². The normalized spacial score (nSPS) is 10.4. The Morgan fingerprint density at radius 1 is 1.00 bits per heavy atom. The monoisotopic (exact) mass is 459 g/mol. The van der Waals surface area contributed by atoms with Gasteiger partial charge in [-0.25, -0.2) is 4.98 Å². The minimum atomic E-state index is 0. The molecule has 0 aliphatic heterocycles. The van der Waals surface area contributed by atoms with Gasteiger partial charge in [0.05, 0.1) is 6.20 Å². The van der Waals surface area contributed by atoms with Crippen molar-refractivity contribution in [2.45, 2.75) is 19.8 Å². The number of hydrogen-bond acceptors (Lipinski definition) is 3. The van der Waals surface area contributed by atoms with Crippen molar-refractivity contribution >= 4 is 0 Å². The van der Waals surface area contributed by atoms with Gasteiger partial charge in [0.2, 0.25) is 0 Å². The maximum Gasteiger partial charge on any atom is 0.174 e. The van der Waals surface area contributed by atoms with Gasteiger partial charge in [-0.15, -0.1) is 9.90 Å². The van der Waals surface area contributed by atoms with Crippen molar-refractivity contribution in [2.24, 2.45) is 0 Å². The van der Waals surface area contributed by atoms with Gasteiger partial charge in [-0.2, -0.15) is 5.10 Å². The predicted molar refractivity (Wildman–Crippen MR) is 78.7 cm³/mol. The Kier molecular flexibility index (Phi) is 5.02. The van der Waals surface area contributed by atoms with Gasteiger partial charge in [0.15, 0.2) is 5.82 Å². The van der Waals surface area contributed by atoms with Crippen LogP contribution in [0.5, 0.6) is 0 Å². The molecule has 0 spiro atoms. The van der Waals surface area contributed by atoms with E-state index in [9.17, 15) is 0 Å². The molecule has 2 aromatic heterocycles. The fourth-order valence-corrected chi connectivity index (χ4v) is 2.20. The van der Waals surface area contributed by atoms with Gasteiger partial charge in [0.1, 0.15) is 5.69 Å². The zero-order chi connectivity index (χ0) is 13.9. The first kappa shape index (κ1) is 15.6. The SMILES string of the molecule is CC(C)c1ccccc1-c1cnn(-c2ccccn2)n1.[Pt]. The molecule has 0 bridgehead atoms. The summed E-state index contributed by atoms with van der Waals surface area (Å²) in [7, 11) is 0. The predicted octanol–water partition coefficient (Wildman–Crippen LogP) is 3.45. The molecule has 0 unspecified atom stereocenters. The standard InChI is InChI=1S/C16H16N4.Pt/c1-12(2)13-7-3-4-8-14(13)15-11-18-20(19-15)16-9-5-6-10-17-16;/h3-12H,1-2H3;. The molecule has 5 heteroatoms. The van der Waals surface area contributed by atoms with E-state index in [1.807, 2.05) is 24.3 Å². The number of benzene rings is 1. The van der Waals surface area contributed by atoms with Crippen LogP contribution in [0.25, 0.3) is 17.1 Å². The molecule has 0 N–H and O–H groups in total. The van der Waals surface area contributed by atoms with Gasteiger partial charge in [-0.3, -0.25) is 0 Å². The molecule has 0 saturated carbocycles. The van der Waals surface area contributed by atoms with Crippen LogP contribution < -0.4 is 0 Å². The molecule has 0 atom stereocenters. The summed E-state index contributed by atoms with van der Waals surface area (Å²) in [5.41, 5.74) is 3.28. The van der Waals surface area contributed by atoms with Gasteiger partial charge in [-0.1, -0.05) is 44.2 Å². The zero-order valence-corrected chi connectivity index (χ0v) is 14.2. The molecule has 1 aromatic carbocycles. The second-order valence-corrected chi connectivity index (χ2v) is 4.95. The van der Waals surface area contributed by atoms with Crippen molar-refractivity contribution in [3.05, 3.63) is 60.4 Å². The van der Waals surface area contributed by atoms with Crippen LogP contribution in [0, 0.1) is 0 Å². The summed E-state index contributed by atoms with van der Waals surface area (Å²) in [4.78, 5) is 5.81. The third kappa shape index (κ3) is 3.27. The number of nitrogens with zero attached hydrogens (tertiary/aromatic N) is 4. The van der Waals surface area contributed by atoms with Crippen molar-refractivity contribution in [2.75, 3.05) is 0 Å². The molecule has 21 heavy (non-hydrogen) atoms. The molecular formula is C16H16N4Pt. The topological polar surface area (TPSA) is 43.6 Å². The first-order valence-corrected chi connectivity index (χ1v) is 6.69. The first-order valence-electron chi connectivity index (χ1n) is 6.69. The molecule has 0 fully saturated rings. The van der Waals surface area contributed by atoms with Crippen LogP contribution in [0.4, 0.5) is 0 Å². The number of pyridine rings is 1. The minimum Gasteiger partial charge on any atom is -0.236 e. The Balaban J connectivity index is 0.00000161. The van der Waals surface area contributed by atoms with Gasteiger partial charge in [0, 0.05) is 32.8 Å². The van der Waals surface area contributed by atoms with E-state index in [1.165, 1.54) is 5.56 Å². The molecule has 0 radical (unpaired) electrons.